The van der Waals surface area contributed by atoms with Crippen LogP contribution in [0, 0.1) is 11.3 Å². The van der Waals surface area contributed by atoms with Gasteiger partial charge in [0.2, 0.25) is 0 Å². The average Bonchev–Trinajstić information content (AvgIpc) is 3.09. The summed E-state index contributed by atoms with van der Waals surface area (Å²) < 4.78 is 52.0. The normalized spacial score (nSPS) is 13.0. The minimum atomic E-state index is -4.07. The van der Waals surface area contributed by atoms with E-state index in [-0.39, 0.29) is 11.3 Å². The summed E-state index contributed by atoms with van der Waals surface area (Å²) in [4.78, 5) is -0.0131. The van der Waals surface area contributed by atoms with E-state index in [0.29, 0.717) is 18.5 Å². The van der Waals surface area contributed by atoms with Crippen molar-refractivity contribution in [2.24, 2.45) is 0 Å². The van der Waals surface area contributed by atoms with Gasteiger partial charge in [-0.2, -0.15) is 5.26 Å². The highest BCUT2D eigenvalue weighted by molar-refractivity contribution is 8.09. The minimum absolute atomic E-state index is 0.0131. The van der Waals surface area contributed by atoms with Gasteiger partial charge in [0.25, 0.3) is 0 Å². The summed E-state index contributed by atoms with van der Waals surface area (Å²) in [5, 5.41) is 10.1. The fourth-order valence-corrected chi connectivity index (χ4v) is 8.01. The van der Waals surface area contributed by atoms with Gasteiger partial charge in [0.05, 0.1) is 16.2 Å². The third-order valence-corrected chi connectivity index (χ3v) is 10.2. The molecule has 0 saturated carbocycles. The number of rotatable bonds is 9. The van der Waals surface area contributed by atoms with Crippen LogP contribution < -0.4 is 0 Å². The molecule has 3 rings (SSSR count). The molecule has 0 N–H and O–H groups in total. The minimum Gasteiger partial charge on any atom is -0.346 e. The van der Waals surface area contributed by atoms with Gasteiger partial charge in [-0.05, 0) is 31.0 Å². The van der Waals surface area contributed by atoms with Gasteiger partial charge in [-0.15, -0.1) is 6.58 Å². The van der Waals surface area contributed by atoms with Crippen LogP contribution in [0.15, 0.2) is 78.3 Å². The van der Waals surface area contributed by atoms with Crippen molar-refractivity contribution < 1.29 is 16.8 Å². The number of para-hydroxylation sites is 1. The van der Waals surface area contributed by atoms with E-state index in [1.807, 2.05) is 28.8 Å². The zero-order chi connectivity index (χ0) is 21.8. The lowest BCUT2D eigenvalue weighted by molar-refractivity contribution is 0.558. The Bertz CT molecular complexity index is 1300. The fraction of sp³-hybridized carbons (Fsp3) is 0.227. The van der Waals surface area contributed by atoms with Crippen molar-refractivity contribution in [2.75, 3.05) is 5.75 Å². The van der Waals surface area contributed by atoms with Crippen LogP contribution in [0.5, 0.6) is 0 Å². The van der Waals surface area contributed by atoms with Crippen LogP contribution in [0.2, 0.25) is 0 Å². The topological polar surface area (TPSA) is 97.0 Å². The molecule has 156 valence electrons. The maximum Gasteiger partial charge on any atom is 0.195 e. The lowest BCUT2D eigenvalue weighted by Crippen LogP contribution is -2.32. The molecule has 30 heavy (non-hydrogen) atoms. The van der Waals surface area contributed by atoms with Crippen molar-refractivity contribution in [3.05, 3.63) is 79.0 Å². The molecular weight excluding hydrogens is 420 g/mol. The molecule has 0 amide bonds. The quantitative estimate of drug-likeness (QED) is 0.471. The Morgan fingerprint density at radius 2 is 1.70 bits per heavy atom. The number of nitriles is 1. The van der Waals surface area contributed by atoms with Crippen LogP contribution in [0.25, 0.3) is 10.9 Å². The third-order valence-electron chi connectivity index (χ3n) is 4.92. The maximum atomic E-state index is 13.1. The molecule has 2 aromatic carbocycles. The second-order valence-corrected chi connectivity index (χ2v) is 11.6. The Kier molecular flexibility index (Phi) is 6.44. The fourth-order valence-electron chi connectivity index (χ4n) is 3.51. The van der Waals surface area contributed by atoms with E-state index in [0.717, 1.165) is 10.9 Å². The summed E-state index contributed by atoms with van der Waals surface area (Å²) >= 11 is 0. The summed E-state index contributed by atoms with van der Waals surface area (Å²) in [6.07, 6.45) is 3.18. The molecule has 1 aromatic heterocycles. The first kappa shape index (κ1) is 21.8. The van der Waals surface area contributed by atoms with Crippen molar-refractivity contribution in [3.63, 3.8) is 0 Å². The van der Waals surface area contributed by atoms with E-state index >= 15 is 0 Å². The molecule has 1 unspecified atom stereocenters. The molecule has 3 aromatic rings. The highest BCUT2D eigenvalue weighted by Crippen LogP contribution is 2.26. The van der Waals surface area contributed by atoms with Crippen LogP contribution in [-0.2, 0) is 26.2 Å². The number of hydrogen-bond donors (Lipinski definition) is 0. The van der Waals surface area contributed by atoms with Crippen LogP contribution in [-0.4, -0.2) is 31.7 Å². The van der Waals surface area contributed by atoms with Crippen LogP contribution >= 0.6 is 0 Å². The molecule has 6 nitrogen and oxygen atoms in total. The number of aromatic nitrogens is 1. The SMILES string of the molecule is C=CCS(=O)(=O)C(CCCn1cc(C#N)c2ccccc21)S(=O)(=O)c1ccccc1. The standard InChI is InChI=1S/C22H22N2O4S2/c1-2-15-29(25,26)22(30(27,28)19-9-4-3-5-10-19)13-8-14-24-17-18(16-23)20-11-6-7-12-21(20)24/h2-7,9-12,17,22H,1,8,13-15H2. The van der Waals surface area contributed by atoms with Crippen molar-refractivity contribution in [3.8, 4) is 6.07 Å². The molecule has 0 spiro atoms. The van der Waals surface area contributed by atoms with Crippen LogP contribution in [0.1, 0.15) is 18.4 Å². The molecule has 8 heteroatoms. The molecule has 1 atom stereocenters. The number of aryl methyl sites for hydroxylation is 1. The zero-order valence-corrected chi connectivity index (χ0v) is 17.9. The molecule has 0 radical (unpaired) electrons. The average molecular weight is 443 g/mol. The number of benzene rings is 2. The summed E-state index contributed by atoms with van der Waals surface area (Å²) in [5.74, 6) is -0.408. The van der Waals surface area contributed by atoms with Gasteiger partial charge >= 0.3 is 0 Å². The van der Waals surface area contributed by atoms with E-state index in [2.05, 4.69) is 12.6 Å². The smallest absolute Gasteiger partial charge is 0.195 e. The molecule has 0 aliphatic rings. The molecule has 0 saturated heterocycles. The number of hydrogen-bond acceptors (Lipinski definition) is 5. The Labute approximate surface area is 176 Å². The van der Waals surface area contributed by atoms with Crippen molar-refractivity contribution >= 4 is 30.6 Å². The van der Waals surface area contributed by atoms with E-state index < -0.39 is 30.0 Å². The monoisotopic (exact) mass is 442 g/mol. The molecule has 1 heterocycles. The second kappa shape index (κ2) is 8.86. The summed E-state index contributed by atoms with van der Waals surface area (Å²) in [6, 6.07) is 17.2. The Morgan fingerprint density at radius 3 is 2.37 bits per heavy atom. The highest BCUT2D eigenvalue weighted by Gasteiger charge is 2.37. The summed E-state index contributed by atoms with van der Waals surface area (Å²) in [7, 11) is -8.02. The van der Waals surface area contributed by atoms with Crippen molar-refractivity contribution in [1.29, 1.82) is 5.26 Å². The third kappa shape index (κ3) is 4.32. The van der Waals surface area contributed by atoms with E-state index in [1.165, 1.54) is 18.2 Å². The second-order valence-electron chi connectivity index (χ2n) is 6.91. The predicted molar refractivity (Wildman–Crippen MR) is 117 cm³/mol. The Morgan fingerprint density at radius 1 is 1.03 bits per heavy atom. The van der Waals surface area contributed by atoms with Gasteiger partial charge in [0.15, 0.2) is 24.3 Å². The van der Waals surface area contributed by atoms with Gasteiger partial charge < -0.3 is 4.57 Å². The van der Waals surface area contributed by atoms with Crippen molar-refractivity contribution in [2.45, 2.75) is 28.9 Å². The first-order valence-electron chi connectivity index (χ1n) is 9.40. The van der Waals surface area contributed by atoms with E-state index in [9.17, 15) is 22.1 Å². The molecule has 0 bridgehead atoms. The zero-order valence-electron chi connectivity index (χ0n) is 16.3. The maximum absolute atomic E-state index is 13.1. The molecule has 0 aliphatic carbocycles. The molecule has 0 aliphatic heterocycles. The summed E-state index contributed by atoms with van der Waals surface area (Å²) in [6.45, 7) is 3.84. The molecular formula is C22H22N2O4S2. The number of sulfone groups is 2. The first-order chi connectivity index (χ1) is 14.3. The van der Waals surface area contributed by atoms with E-state index in [4.69, 9.17) is 0 Å². The Hall–Kier alpha value is -2.89. The van der Waals surface area contributed by atoms with Gasteiger partial charge in [0.1, 0.15) is 6.07 Å². The largest absolute Gasteiger partial charge is 0.346 e. The predicted octanol–water partition coefficient (Wildman–Crippen LogP) is 3.69. The first-order valence-corrected chi connectivity index (χ1v) is 12.7. The lowest BCUT2D eigenvalue weighted by Gasteiger charge is -2.18. The highest BCUT2D eigenvalue weighted by atomic mass is 32.3. The van der Waals surface area contributed by atoms with Gasteiger partial charge in [-0.25, -0.2) is 16.8 Å². The van der Waals surface area contributed by atoms with Crippen LogP contribution in [0.3, 0.4) is 0 Å². The number of fused-ring (bicyclic) bond motifs is 1. The number of nitrogens with zero attached hydrogens (tertiary/aromatic N) is 2. The van der Waals surface area contributed by atoms with E-state index in [1.54, 1.807) is 24.4 Å². The van der Waals surface area contributed by atoms with Gasteiger partial charge in [-0.3, -0.25) is 0 Å². The lowest BCUT2D eigenvalue weighted by atomic mass is 10.2. The van der Waals surface area contributed by atoms with Crippen LogP contribution in [0.4, 0.5) is 0 Å². The van der Waals surface area contributed by atoms with Crippen molar-refractivity contribution in [1.82, 2.24) is 4.57 Å². The summed E-state index contributed by atoms with van der Waals surface area (Å²) in [5.41, 5.74) is 1.38. The Balaban J connectivity index is 1.89. The van der Waals surface area contributed by atoms with Gasteiger partial charge in [-0.1, -0.05) is 42.5 Å². The van der Waals surface area contributed by atoms with Gasteiger partial charge in [0, 0.05) is 23.6 Å². The molecule has 0 fully saturated rings.